The molecule has 0 aliphatic heterocycles. The molecule has 35 heavy (non-hydrogen) atoms. The molecule has 3 aromatic rings. The number of hydrogen-bond donors (Lipinski definition) is 1. The summed E-state index contributed by atoms with van der Waals surface area (Å²) in [7, 11) is -1.23. The number of carbonyl (C=O) groups excluding carboxylic acids is 1. The molecule has 3 aromatic carbocycles. The number of amides is 1. The minimum atomic E-state index is -4.09. The van der Waals surface area contributed by atoms with Crippen LogP contribution in [-0.2, 0) is 21.4 Å². The fourth-order valence-electron chi connectivity index (χ4n) is 3.11. The van der Waals surface area contributed by atoms with Gasteiger partial charge in [-0.05, 0) is 29.8 Å². The van der Waals surface area contributed by atoms with Gasteiger partial charge >= 0.3 is 0 Å². The van der Waals surface area contributed by atoms with E-state index in [1.54, 1.807) is 42.5 Å². The van der Waals surface area contributed by atoms with Gasteiger partial charge in [0.05, 0.1) is 36.9 Å². The van der Waals surface area contributed by atoms with Crippen molar-refractivity contribution in [2.75, 3.05) is 20.8 Å². The fourth-order valence-corrected chi connectivity index (χ4v) is 4.97. The Labute approximate surface area is 214 Å². The molecule has 3 rings (SSSR count). The average Bonchev–Trinajstić information content (AvgIpc) is 2.85. The van der Waals surface area contributed by atoms with E-state index in [-0.39, 0.29) is 17.2 Å². The molecule has 0 unspecified atom stereocenters. The molecular weight excluding hydrogens is 513 g/mol. The first kappa shape index (κ1) is 26.5. The van der Waals surface area contributed by atoms with Crippen LogP contribution in [0.15, 0.2) is 76.7 Å². The van der Waals surface area contributed by atoms with E-state index < -0.39 is 22.5 Å². The van der Waals surface area contributed by atoms with Gasteiger partial charge in [0, 0.05) is 23.2 Å². The number of carbonyl (C=O) groups is 1. The largest absolute Gasteiger partial charge is 0.493 e. The Bertz CT molecular complexity index is 1320. The van der Waals surface area contributed by atoms with Crippen molar-refractivity contribution in [1.82, 2.24) is 9.73 Å². The van der Waals surface area contributed by atoms with E-state index in [1.807, 2.05) is 6.07 Å². The Balaban J connectivity index is 1.84. The second-order valence-corrected chi connectivity index (χ2v) is 10.0. The molecule has 0 bridgehead atoms. The highest BCUT2D eigenvalue weighted by Crippen LogP contribution is 2.31. The molecule has 0 aliphatic carbocycles. The zero-order valence-electron chi connectivity index (χ0n) is 18.9. The van der Waals surface area contributed by atoms with Crippen LogP contribution >= 0.6 is 23.2 Å². The number of nitrogens with zero attached hydrogens (tertiary/aromatic N) is 2. The Morgan fingerprint density at radius 3 is 2.37 bits per heavy atom. The number of nitrogens with one attached hydrogen (secondary N) is 1. The number of hydrazone groups is 1. The van der Waals surface area contributed by atoms with Crippen LogP contribution < -0.4 is 14.9 Å². The van der Waals surface area contributed by atoms with Gasteiger partial charge < -0.3 is 9.47 Å². The van der Waals surface area contributed by atoms with Crippen LogP contribution in [0.25, 0.3) is 0 Å². The predicted octanol–water partition coefficient (Wildman–Crippen LogP) is 4.35. The van der Waals surface area contributed by atoms with Gasteiger partial charge in [-0.15, -0.1) is 0 Å². The summed E-state index contributed by atoms with van der Waals surface area (Å²) >= 11 is 12.0. The monoisotopic (exact) mass is 535 g/mol. The Hall–Kier alpha value is -3.11. The molecule has 1 amide bonds. The van der Waals surface area contributed by atoms with Crippen LogP contribution in [0.2, 0.25) is 10.0 Å². The van der Waals surface area contributed by atoms with Gasteiger partial charge in [0.1, 0.15) is 0 Å². The van der Waals surface area contributed by atoms with Crippen molar-refractivity contribution in [2.45, 2.75) is 11.4 Å². The molecule has 0 spiro atoms. The van der Waals surface area contributed by atoms with Crippen molar-refractivity contribution >= 4 is 45.3 Å². The summed E-state index contributed by atoms with van der Waals surface area (Å²) in [6.45, 7) is -0.505. The lowest BCUT2D eigenvalue weighted by atomic mass is 10.2. The Kier molecular flexibility index (Phi) is 9.11. The van der Waals surface area contributed by atoms with E-state index >= 15 is 0 Å². The van der Waals surface area contributed by atoms with Gasteiger partial charge in [-0.3, -0.25) is 4.79 Å². The Morgan fingerprint density at radius 1 is 1.00 bits per heavy atom. The first-order chi connectivity index (χ1) is 16.7. The SMILES string of the molecule is COc1ccc(S(=O)(=O)N(CC(=O)N/N=C/c2ccc(Cl)cc2Cl)Cc2ccccc2)cc1OC. The fraction of sp³-hybridized carbons (Fsp3) is 0.167. The topological polar surface area (TPSA) is 97.3 Å². The molecule has 0 saturated carbocycles. The molecule has 0 heterocycles. The van der Waals surface area contributed by atoms with Crippen molar-refractivity contribution in [3.05, 3.63) is 87.9 Å². The summed E-state index contributed by atoms with van der Waals surface area (Å²) in [4.78, 5) is 12.6. The molecule has 0 saturated heterocycles. The number of sulfonamides is 1. The number of benzene rings is 3. The number of methoxy groups -OCH3 is 2. The van der Waals surface area contributed by atoms with Gasteiger partial charge in [0.25, 0.3) is 5.91 Å². The summed E-state index contributed by atoms with van der Waals surface area (Å²) in [6.07, 6.45) is 1.35. The van der Waals surface area contributed by atoms with Crippen molar-refractivity contribution in [3.63, 3.8) is 0 Å². The van der Waals surface area contributed by atoms with Gasteiger partial charge in [0.15, 0.2) is 11.5 Å². The number of halogens is 2. The summed E-state index contributed by atoms with van der Waals surface area (Å²) in [5.74, 6) is 0.00227. The van der Waals surface area contributed by atoms with E-state index in [4.69, 9.17) is 32.7 Å². The van der Waals surface area contributed by atoms with Crippen LogP contribution in [0.3, 0.4) is 0 Å². The van der Waals surface area contributed by atoms with Gasteiger partial charge in [-0.2, -0.15) is 9.41 Å². The van der Waals surface area contributed by atoms with Gasteiger partial charge in [-0.25, -0.2) is 13.8 Å². The van der Waals surface area contributed by atoms with E-state index in [9.17, 15) is 13.2 Å². The molecule has 0 aliphatic rings. The van der Waals surface area contributed by atoms with Crippen LogP contribution in [0.5, 0.6) is 11.5 Å². The van der Waals surface area contributed by atoms with Crippen LogP contribution in [-0.4, -0.2) is 45.6 Å². The zero-order valence-corrected chi connectivity index (χ0v) is 21.3. The van der Waals surface area contributed by atoms with Crippen LogP contribution in [0, 0.1) is 0 Å². The predicted molar refractivity (Wildman–Crippen MR) is 136 cm³/mol. The number of hydrogen-bond acceptors (Lipinski definition) is 6. The minimum absolute atomic E-state index is 0.0301. The van der Waals surface area contributed by atoms with Crippen molar-refractivity contribution in [2.24, 2.45) is 5.10 Å². The molecule has 184 valence electrons. The van der Waals surface area contributed by atoms with Crippen molar-refractivity contribution in [3.8, 4) is 11.5 Å². The summed E-state index contributed by atoms with van der Waals surface area (Å²) in [5, 5.41) is 4.71. The molecule has 8 nitrogen and oxygen atoms in total. The molecule has 0 radical (unpaired) electrons. The highest BCUT2D eigenvalue weighted by Gasteiger charge is 2.28. The van der Waals surface area contributed by atoms with Crippen molar-refractivity contribution in [1.29, 1.82) is 0 Å². The molecule has 0 aromatic heterocycles. The third-order valence-corrected chi connectivity index (χ3v) is 7.22. The number of ether oxygens (including phenoxy) is 2. The highest BCUT2D eigenvalue weighted by atomic mass is 35.5. The first-order valence-electron chi connectivity index (χ1n) is 10.3. The number of rotatable bonds is 10. The molecule has 0 fully saturated rings. The standard InChI is InChI=1S/C24H23Cl2N3O5S/c1-33-22-11-10-20(13-23(22)34-2)35(31,32)29(15-17-6-4-3-5-7-17)16-24(30)28-27-14-18-8-9-19(25)12-21(18)26/h3-14H,15-16H2,1-2H3,(H,28,30)/b27-14+. The van der Waals surface area contributed by atoms with Crippen molar-refractivity contribution < 1.29 is 22.7 Å². The quantitative estimate of drug-likeness (QED) is 0.307. The molecule has 1 N–H and O–H groups in total. The van der Waals surface area contributed by atoms with E-state index in [1.165, 1.54) is 38.6 Å². The second-order valence-electron chi connectivity index (χ2n) is 7.23. The molecular formula is C24H23Cl2N3O5S. The normalized spacial score (nSPS) is 11.6. The van der Waals surface area contributed by atoms with Gasteiger partial charge in [-0.1, -0.05) is 59.6 Å². The van der Waals surface area contributed by atoms with E-state index in [2.05, 4.69) is 10.5 Å². The Morgan fingerprint density at radius 2 is 1.71 bits per heavy atom. The maximum Gasteiger partial charge on any atom is 0.255 e. The lowest BCUT2D eigenvalue weighted by Crippen LogP contribution is -2.39. The molecule has 0 atom stereocenters. The summed E-state index contributed by atoms with van der Waals surface area (Å²) in [6, 6.07) is 18.0. The van der Waals surface area contributed by atoms with E-state index in [0.29, 0.717) is 26.9 Å². The van der Waals surface area contributed by atoms with Crippen LogP contribution in [0.1, 0.15) is 11.1 Å². The summed E-state index contributed by atoms with van der Waals surface area (Å²) < 4.78 is 38.5. The third kappa shape index (κ3) is 6.95. The molecule has 11 heteroatoms. The minimum Gasteiger partial charge on any atom is -0.493 e. The van der Waals surface area contributed by atoms with E-state index in [0.717, 1.165) is 4.31 Å². The second kappa shape index (κ2) is 12.0. The lowest BCUT2D eigenvalue weighted by molar-refractivity contribution is -0.121. The highest BCUT2D eigenvalue weighted by molar-refractivity contribution is 7.89. The maximum atomic E-state index is 13.5. The zero-order chi connectivity index (χ0) is 25.4. The lowest BCUT2D eigenvalue weighted by Gasteiger charge is -2.22. The third-order valence-electron chi connectivity index (χ3n) is 4.87. The smallest absolute Gasteiger partial charge is 0.255 e. The average molecular weight is 536 g/mol. The first-order valence-corrected chi connectivity index (χ1v) is 12.5. The maximum absolute atomic E-state index is 13.5. The summed E-state index contributed by atoms with van der Waals surface area (Å²) in [5.41, 5.74) is 3.59. The van der Waals surface area contributed by atoms with Gasteiger partial charge in [0.2, 0.25) is 10.0 Å². The van der Waals surface area contributed by atoms with Crippen LogP contribution in [0.4, 0.5) is 0 Å².